The number of carbonyl (C=O) groups excluding carboxylic acids is 1. The molecule has 5 rings (SSSR count). The van der Waals surface area contributed by atoms with Gasteiger partial charge in [-0.2, -0.15) is 0 Å². The first-order chi connectivity index (χ1) is 18.3. The maximum absolute atomic E-state index is 12.4. The van der Waals surface area contributed by atoms with Crippen molar-refractivity contribution in [1.29, 1.82) is 0 Å². The van der Waals surface area contributed by atoms with Gasteiger partial charge in [-0.1, -0.05) is 75.0 Å². The molecule has 1 aromatic heterocycles. The number of nitrogens with zero attached hydrogens (tertiary/aromatic N) is 4. The number of carbonyl (C=O) groups is 1. The van der Waals surface area contributed by atoms with Crippen LogP contribution in [0.15, 0.2) is 65.8 Å². The SMILES string of the molecule is CC(C)(C)c1cc(N2CCN(Cc3ccccc3)CC2)nc(SCc2ccc(C(=O)NCC3CC3)cc2)n1. The summed E-state index contributed by atoms with van der Waals surface area (Å²) in [6.45, 7) is 12.4. The molecule has 0 radical (unpaired) electrons. The lowest BCUT2D eigenvalue weighted by atomic mass is 9.92. The monoisotopic (exact) mass is 529 g/mol. The lowest BCUT2D eigenvalue weighted by Gasteiger charge is -2.36. The molecule has 6 nitrogen and oxygen atoms in total. The molecule has 1 N–H and O–H groups in total. The van der Waals surface area contributed by atoms with Crippen LogP contribution in [0.2, 0.25) is 0 Å². The number of rotatable bonds is 9. The second kappa shape index (κ2) is 11.9. The van der Waals surface area contributed by atoms with Crippen LogP contribution in [0.5, 0.6) is 0 Å². The van der Waals surface area contributed by atoms with Crippen LogP contribution in [0, 0.1) is 5.92 Å². The first-order valence-corrected chi connectivity index (χ1v) is 14.7. The van der Waals surface area contributed by atoms with Crippen molar-refractivity contribution < 1.29 is 4.79 Å². The van der Waals surface area contributed by atoms with Crippen LogP contribution in [-0.4, -0.2) is 53.5 Å². The van der Waals surface area contributed by atoms with E-state index in [9.17, 15) is 4.79 Å². The minimum Gasteiger partial charge on any atom is -0.354 e. The first kappa shape index (κ1) is 26.7. The van der Waals surface area contributed by atoms with E-state index in [0.29, 0.717) is 5.92 Å². The molecule has 0 atom stereocenters. The van der Waals surface area contributed by atoms with E-state index in [-0.39, 0.29) is 11.3 Å². The summed E-state index contributed by atoms with van der Waals surface area (Å²) in [5.41, 5.74) is 4.26. The number of benzene rings is 2. The van der Waals surface area contributed by atoms with E-state index in [2.05, 4.69) is 72.3 Å². The summed E-state index contributed by atoms with van der Waals surface area (Å²) in [4.78, 5) is 27.2. The van der Waals surface area contributed by atoms with Crippen molar-refractivity contribution in [3.8, 4) is 0 Å². The molecule has 2 heterocycles. The Bertz CT molecular complexity index is 1210. The number of nitrogens with one attached hydrogen (secondary N) is 1. The number of hydrogen-bond acceptors (Lipinski definition) is 6. The number of hydrogen-bond donors (Lipinski definition) is 1. The fourth-order valence-corrected chi connectivity index (χ4v) is 5.37. The van der Waals surface area contributed by atoms with Crippen LogP contribution in [0.25, 0.3) is 0 Å². The average molecular weight is 530 g/mol. The molecule has 200 valence electrons. The van der Waals surface area contributed by atoms with Gasteiger partial charge < -0.3 is 10.2 Å². The second-order valence-electron chi connectivity index (χ2n) is 11.5. The smallest absolute Gasteiger partial charge is 0.251 e. The van der Waals surface area contributed by atoms with Crippen molar-refractivity contribution >= 4 is 23.5 Å². The van der Waals surface area contributed by atoms with Gasteiger partial charge in [0.1, 0.15) is 5.82 Å². The number of amides is 1. The van der Waals surface area contributed by atoms with E-state index in [0.717, 1.165) is 72.8 Å². The number of aromatic nitrogens is 2. The van der Waals surface area contributed by atoms with Crippen LogP contribution < -0.4 is 10.2 Å². The van der Waals surface area contributed by atoms with E-state index in [4.69, 9.17) is 9.97 Å². The third-order valence-electron chi connectivity index (χ3n) is 7.24. The minimum absolute atomic E-state index is 0.0193. The van der Waals surface area contributed by atoms with Crippen LogP contribution in [0.4, 0.5) is 5.82 Å². The average Bonchev–Trinajstić information content (AvgIpc) is 3.76. The van der Waals surface area contributed by atoms with Crippen molar-refractivity contribution in [1.82, 2.24) is 20.2 Å². The number of anilines is 1. The Kier molecular flexibility index (Phi) is 8.34. The molecule has 1 saturated heterocycles. The molecular weight excluding hydrogens is 490 g/mol. The molecule has 1 aliphatic heterocycles. The maximum atomic E-state index is 12.4. The molecule has 2 aliphatic rings. The van der Waals surface area contributed by atoms with Crippen LogP contribution in [-0.2, 0) is 17.7 Å². The van der Waals surface area contributed by atoms with E-state index in [1.54, 1.807) is 11.8 Å². The predicted molar refractivity (Wildman–Crippen MR) is 156 cm³/mol. The Morgan fingerprint density at radius 2 is 1.66 bits per heavy atom. The highest BCUT2D eigenvalue weighted by atomic mass is 32.2. The Balaban J connectivity index is 1.21. The predicted octanol–water partition coefficient (Wildman–Crippen LogP) is 5.53. The summed E-state index contributed by atoms with van der Waals surface area (Å²) in [6, 6.07) is 20.8. The molecule has 2 fully saturated rings. The quantitative estimate of drug-likeness (QED) is 0.291. The standard InChI is InChI=1S/C31H39N5OS/c1-31(2,3)27-19-28(36-17-15-35(16-18-36)21-24-7-5-4-6-8-24)34-30(33-27)38-22-25-11-13-26(14-12-25)29(37)32-20-23-9-10-23/h4-8,11-14,19,23H,9-10,15-18,20-22H2,1-3H3,(H,32,37). The molecule has 0 spiro atoms. The van der Waals surface area contributed by atoms with Crippen molar-refractivity contribution in [2.45, 2.75) is 56.5 Å². The molecule has 0 bridgehead atoms. The van der Waals surface area contributed by atoms with E-state index in [1.807, 2.05) is 24.3 Å². The molecular formula is C31H39N5OS. The molecule has 0 unspecified atom stereocenters. The zero-order valence-corrected chi connectivity index (χ0v) is 23.6. The lowest BCUT2D eigenvalue weighted by Crippen LogP contribution is -2.46. The topological polar surface area (TPSA) is 61.4 Å². The summed E-state index contributed by atoms with van der Waals surface area (Å²) >= 11 is 1.66. The molecule has 7 heteroatoms. The second-order valence-corrected chi connectivity index (χ2v) is 12.5. The molecule has 1 aliphatic carbocycles. The van der Waals surface area contributed by atoms with Gasteiger partial charge in [-0.3, -0.25) is 9.69 Å². The number of piperazine rings is 1. The van der Waals surface area contributed by atoms with Gasteiger partial charge in [-0.15, -0.1) is 0 Å². The molecule has 3 aromatic rings. The summed E-state index contributed by atoms with van der Waals surface area (Å²) in [6.07, 6.45) is 2.47. The van der Waals surface area contributed by atoms with E-state index >= 15 is 0 Å². The van der Waals surface area contributed by atoms with Gasteiger partial charge in [0.25, 0.3) is 5.91 Å². The van der Waals surface area contributed by atoms with Gasteiger partial charge in [-0.25, -0.2) is 9.97 Å². The van der Waals surface area contributed by atoms with Gasteiger partial charge in [0, 0.05) is 62.1 Å². The molecule has 1 amide bonds. The van der Waals surface area contributed by atoms with Gasteiger partial charge in [0.05, 0.1) is 5.69 Å². The van der Waals surface area contributed by atoms with Crippen LogP contribution >= 0.6 is 11.8 Å². The fourth-order valence-electron chi connectivity index (χ4n) is 4.56. The maximum Gasteiger partial charge on any atom is 0.251 e. The van der Waals surface area contributed by atoms with Gasteiger partial charge in [0.2, 0.25) is 0 Å². The van der Waals surface area contributed by atoms with E-state index < -0.39 is 0 Å². The summed E-state index contributed by atoms with van der Waals surface area (Å²) in [5.74, 6) is 2.49. The Labute approximate surface area is 231 Å². The van der Waals surface area contributed by atoms with Crippen molar-refractivity contribution in [2.24, 2.45) is 5.92 Å². The highest BCUT2D eigenvalue weighted by Gasteiger charge is 2.24. The van der Waals surface area contributed by atoms with Crippen LogP contribution in [0.3, 0.4) is 0 Å². The zero-order valence-electron chi connectivity index (χ0n) is 22.8. The fraction of sp³-hybridized carbons (Fsp3) is 0.452. The van der Waals surface area contributed by atoms with Gasteiger partial charge >= 0.3 is 0 Å². The third kappa shape index (κ3) is 7.35. The van der Waals surface area contributed by atoms with Gasteiger partial charge in [0.15, 0.2) is 5.16 Å². The Morgan fingerprint density at radius 1 is 0.947 bits per heavy atom. The van der Waals surface area contributed by atoms with Crippen LogP contribution in [0.1, 0.15) is 60.8 Å². The summed E-state index contributed by atoms with van der Waals surface area (Å²) in [5, 5.41) is 3.85. The lowest BCUT2D eigenvalue weighted by molar-refractivity contribution is 0.0952. The third-order valence-corrected chi connectivity index (χ3v) is 8.16. The first-order valence-electron chi connectivity index (χ1n) is 13.7. The molecule has 1 saturated carbocycles. The highest BCUT2D eigenvalue weighted by molar-refractivity contribution is 7.98. The Hall–Kier alpha value is -2.90. The molecule has 2 aromatic carbocycles. The zero-order chi connectivity index (χ0) is 26.5. The minimum atomic E-state index is -0.0579. The van der Waals surface area contributed by atoms with Crippen molar-refractivity contribution in [3.63, 3.8) is 0 Å². The van der Waals surface area contributed by atoms with E-state index in [1.165, 1.54) is 18.4 Å². The van der Waals surface area contributed by atoms with Crippen molar-refractivity contribution in [3.05, 3.63) is 83.0 Å². The summed E-state index contributed by atoms with van der Waals surface area (Å²) < 4.78 is 0. The van der Waals surface area contributed by atoms with Crippen molar-refractivity contribution in [2.75, 3.05) is 37.6 Å². The normalized spacial score (nSPS) is 16.4. The van der Waals surface area contributed by atoms with Gasteiger partial charge in [-0.05, 0) is 42.0 Å². The number of thioether (sulfide) groups is 1. The Morgan fingerprint density at radius 3 is 2.32 bits per heavy atom. The summed E-state index contributed by atoms with van der Waals surface area (Å²) in [7, 11) is 0. The molecule has 38 heavy (non-hydrogen) atoms. The highest BCUT2D eigenvalue weighted by Crippen LogP contribution is 2.29. The largest absolute Gasteiger partial charge is 0.354 e.